The summed E-state index contributed by atoms with van der Waals surface area (Å²) in [6, 6.07) is 15.6. The summed E-state index contributed by atoms with van der Waals surface area (Å²) in [5.41, 5.74) is 1.14. The second-order valence-electron chi connectivity index (χ2n) is 6.32. The lowest BCUT2D eigenvalue weighted by Gasteiger charge is -2.34. The molecule has 0 aliphatic carbocycles. The lowest BCUT2D eigenvalue weighted by Crippen LogP contribution is -2.43. The first-order valence-electron chi connectivity index (χ1n) is 8.68. The van der Waals surface area contributed by atoms with Crippen LogP contribution in [0.1, 0.15) is 11.7 Å². The Kier molecular flexibility index (Phi) is 8.86. The molecule has 1 aliphatic heterocycles. The van der Waals surface area contributed by atoms with Gasteiger partial charge in [-0.25, -0.2) is 0 Å². The number of aliphatic hydroxyl groups excluding tert-OH is 1. The molecule has 148 valence electrons. The highest BCUT2D eigenvalue weighted by Gasteiger charge is 2.24. The van der Waals surface area contributed by atoms with E-state index in [1.54, 1.807) is 7.11 Å². The summed E-state index contributed by atoms with van der Waals surface area (Å²) >= 11 is 3.50. The number of rotatable bonds is 7. The molecule has 1 fully saturated rings. The molecule has 0 aromatic heterocycles. The van der Waals surface area contributed by atoms with Gasteiger partial charge >= 0.3 is 0 Å². The van der Waals surface area contributed by atoms with Gasteiger partial charge in [0.15, 0.2) is 0 Å². The number of ether oxygens (including phenoxy) is 3. The van der Waals surface area contributed by atoms with Gasteiger partial charge in [0.1, 0.15) is 24.2 Å². The van der Waals surface area contributed by atoms with E-state index < -0.39 is 6.10 Å². The Labute approximate surface area is 174 Å². The minimum atomic E-state index is -0.567. The summed E-state index contributed by atoms with van der Waals surface area (Å²) in [6.45, 7) is 3.01. The first-order valence-corrected chi connectivity index (χ1v) is 9.47. The van der Waals surface area contributed by atoms with Gasteiger partial charge in [0.2, 0.25) is 0 Å². The number of β-amino-alcohol motifs (C(OH)–C–C–N with tert-alkyl or cyclic N) is 1. The van der Waals surface area contributed by atoms with Gasteiger partial charge in [0, 0.05) is 30.2 Å². The van der Waals surface area contributed by atoms with Crippen molar-refractivity contribution in [3.05, 3.63) is 58.6 Å². The van der Waals surface area contributed by atoms with Gasteiger partial charge in [-0.2, -0.15) is 0 Å². The van der Waals surface area contributed by atoms with Crippen molar-refractivity contribution >= 4 is 28.3 Å². The van der Waals surface area contributed by atoms with Crippen molar-refractivity contribution in [2.24, 2.45) is 0 Å². The number of morpholine rings is 1. The van der Waals surface area contributed by atoms with Gasteiger partial charge in [-0.1, -0.05) is 34.1 Å². The topological polar surface area (TPSA) is 51.2 Å². The maximum Gasteiger partial charge on any atom is 0.123 e. The molecule has 2 atom stereocenters. The molecule has 5 nitrogen and oxygen atoms in total. The molecule has 1 N–H and O–H groups in total. The second kappa shape index (κ2) is 10.9. The summed E-state index contributed by atoms with van der Waals surface area (Å²) < 4.78 is 17.8. The predicted molar refractivity (Wildman–Crippen MR) is 111 cm³/mol. The molecule has 1 aliphatic rings. The van der Waals surface area contributed by atoms with E-state index in [4.69, 9.17) is 14.2 Å². The summed E-state index contributed by atoms with van der Waals surface area (Å²) in [6.07, 6.45) is -0.546. The van der Waals surface area contributed by atoms with Gasteiger partial charge in [0.25, 0.3) is 0 Å². The molecule has 1 saturated heterocycles. The molecule has 0 bridgehead atoms. The van der Waals surface area contributed by atoms with E-state index in [0.717, 1.165) is 28.9 Å². The first-order chi connectivity index (χ1) is 12.6. The van der Waals surface area contributed by atoms with E-state index in [2.05, 4.69) is 33.0 Å². The molecular weight excluding hydrogens is 434 g/mol. The maximum absolute atomic E-state index is 10.3. The van der Waals surface area contributed by atoms with E-state index in [1.807, 2.05) is 36.4 Å². The lowest BCUT2D eigenvalue weighted by molar-refractivity contribution is -0.0459. The number of aliphatic hydroxyl groups is 1. The van der Waals surface area contributed by atoms with E-state index in [9.17, 15) is 5.11 Å². The van der Waals surface area contributed by atoms with E-state index >= 15 is 0 Å². The Bertz CT molecular complexity index is 718. The first kappa shape index (κ1) is 22.0. The predicted octanol–water partition coefficient (Wildman–Crippen LogP) is 3.69. The van der Waals surface area contributed by atoms with Crippen molar-refractivity contribution < 1.29 is 19.3 Å². The Hall–Kier alpha value is -1.31. The molecule has 2 unspecified atom stereocenters. The normalized spacial score (nSPS) is 18.4. The van der Waals surface area contributed by atoms with E-state index in [0.29, 0.717) is 18.9 Å². The Morgan fingerprint density at radius 2 is 2.00 bits per heavy atom. The second-order valence-corrected chi connectivity index (χ2v) is 7.23. The van der Waals surface area contributed by atoms with Gasteiger partial charge in [-0.05, 0) is 29.8 Å². The Morgan fingerprint density at radius 1 is 1.22 bits per heavy atom. The third-order valence-corrected chi connectivity index (χ3v) is 4.82. The summed E-state index contributed by atoms with van der Waals surface area (Å²) in [4.78, 5) is 2.22. The van der Waals surface area contributed by atoms with Gasteiger partial charge in [-0.3, -0.25) is 4.90 Å². The molecule has 0 spiro atoms. The molecule has 0 amide bonds. The fraction of sp³-hybridized carbons (Fsp3) is 0.400. The molecule has 0 radical (unpaired) electrons. The van der Waals surface area contributed by atoms with Crippen molar-refractivity contribution in [3.8, 4) is 11.5 Å². The molecule has 27 heavy (non-hydrogen) atoms. The zero-order valence-corrected chi connectivity index (χ0v) is 17.6. The Balaban J connectivity index is 0.00000261. The van der Waals surface area contributed by atoms with Crippen LogP contribution in [0.4, 0.5) is 0 Å². The Morgan fingerprint density at radius 3 is 2.78 bits per heavy atom. The molecular formula is C20H25BrClNO4. The quantitative estimate of drug-likeness (QED) is 0.686. The molecule has 0 saturated carbocycles. The van der Waals surface area contributed by atoms with Crippen molar-refractivity contribution in [3.63, 3.8) is 0 Å². The van der Waals surface area contributed by atoms with E-state index in [1.165, 1.54) is 0 Å². The van der Waals surface area contributed by atoms with Crippen LogP contribution in [-0.2, 0) is 4.74 Å². The number of hydrogen-bond donors (Lipinski definition) is 1. The smallest absolute Gasteiger partial charge is 0.123 e. The van der Waals surface area contributed by atoms with Gasteiger partial charge in [0.05, 0.1) is 19.8 Å². The van der Waals surface area contributed by atoms with Crippen LogP contribution in [0.5, 0.6) is 11.5 Å². The maximum atomic E-state index is 10.3. The molecule has 3 rings (SSSR count). The third kappa shape index (κ3) is 6.66. The van der Waals surface area contributed by atoms with Crippen LogP contribution in [0.3, 0.4) is 0 Å². The summed E-state index contributed by atoms with van der Waals surface area (Å²) in [5.74, 6) is 1.43. The molecule has 7 heteroatoms. The van der Waals surface area contributed by atoms with E-state index in [-0.39, 0.29) is 25.1 Å². The zero-order valence-electron chi connectivity index (χ0n) is 15.2. The number of halogens is 2. The average molecular weight is 459 g/mol. The minimum Gasteiger partial charge on any atom is -0.497 e. The number of benzene rings is 2. The van der Waals surface area contributed by atoms with Crippen molar-refractivity contribution in [1.29, 1.82) is 0 Å². The fourth-order valence-electron chi connectivity index (χ4n) is 3.01. The molecule has 2 aromatic rings. The number of methoxy groups -OCH3 is 1. The minimum absolute atomic E-state index is 0. The molecule has 2 aromatic carbocycles. The molecule has 1 heterocycles. The highest BCUT2D eigenvalue weighted by Crippen LogP contribution is 2.25. The highest BCUT2D eigenvalue weighted by atomic mass is 79.9. The fourth-order valence-corrected chi connectivity index (χ4v) is 3.43. The van der Waals surface area contributed by atoms with Crippen LogP contribution in [0, 0.1) is 0 Å². The third-order valence-electron chi connectivity index (χ3n) is 4.32. The standard InChI is InChI=1S/C20H24BrNO4.ClH/c1-24-18-6-3-7-19(11-18)26-14-17(23)12-22-8-9-25-20(13-22)15-4-2-5-16(21)10-15;/h2-7,10-11,17,20,23H,8-9,12-14H2,1H3;1H. The lowest BCUT2D eigenvalue weighted by atomic mass is 10.1. The van der Waals surface area contributed by atoms with Crippen LogP contribution < -0.4 is 9.47 Å². The largest absolute Gasteiger partial charge is 0.497 e. The van der Waals surface area contributed by atoms with Crippen LogP contribution in [0.25, 0.3) is 0 Å². The van der Waals surface area contributed by atoms with Crippen LogP contribution >= 0.6 is 28.3 Å². The van der Waals surface area contributed by atoms with Crippen LogP contribution in [-0.4, -0.2) is 56.1 Å². The number of hydrogen-bond acceptors (Lipinski definition) is 5. The SMILES string of the molecule is COc1cccc(OCC(O)CN2CCOC(c3cccc(Br)c3)C2)c1.Cl. The summed E-state index contributed by atoms with van der Waals surface area (Å²) in [7, 11) is 1.62. The highest BCUT2D eigenvalue weighted by molar-refractivity contribution is 9.10. The monoisotopic (exact) mass is 457 g/mol. The summed E-state index contributed by atoms with van der Waals surface area (Å²) in [5, 5.41) is 10.3. The van der Waals surface area contributed by atoms with Gasteiger partial charge < -0.3 is 19.3 Å². The average Bonchev–Trinajstić information content (AvgIpc) is 2.67. The van der Waals surface area contributed by atoms with Crippen LogP contribution in [0.15, 0.2) is 53.0 Å². The van der Waals surface area contributed by atoms with Crippen molar-refractivity contribution in [2.75, 3.05) is 40.0 Å². The van der Waals surface area contributed by atoms with Crippen LogP contribution in [0.2, 0.25) is 0 Å². The number of nitrogens with zero attached hydrogens (tertiary/aromatic N) is 1. The van der Waals surface area contributed by atoms with Gasteiger partial charge in [-0.15, -0.1) is 12.4 Å². The zero-order chi connectivity index (χ0) is 18.4. The van der Waals surface area contributed by atoms with Crippen molar-refractivity contribution in [2.45, 2.75) is 12.2 Å². The van der Waals surface area contributed by atoms with Crippen molar-refractivity contribution in [1.82, 2.24) is 4.90 Å².